The second kappa shape index (κ2) is 6.23. The molecule has 2 aromatic rings. The van der Waals surface area contributed by atoms with E-state index in [-0.39, 0.29) is 0 Å². The molecule has 0 N–H and O–H groups in total. The third-order valence-corrected chi connectivity index (χ3v) is 2.76. The molecule has 0 aliphatic rings. The Morgan fingerprint density at radius 1 is 1.16 bits per heavy atom. The molecule has 0 unspecified atom stereocenters. The van der Waals surface area contributed by atoms with Crippen LogP contribution in [0, 0.1) is 11.6 Å². The summed E-state index contributed by atoms with van der Waals surface area (Å²) >= 11 is 0. The largest absolute Gasteiger partial charge is 0.256 e. The van der Waals surface area contributed by atoms with Crippen molar-refractivity contribution in [2.75, 3.05) is 0 Å². The Morgan fingerprint density at radius 2 is 2.00 bits per heavy atom. The summed E-state index contributed by atoms with van der Waals surface area (Å²) in [5.74, 6) is -1.18. The first kappa shape index (κ1) is 13.4. The van der Waals surface area contributed by atoms with Crippen LogP contribution in [0.2, 0.25) is 0 Å². The van der Waals surface area contributed by atoms with Gasteiger partial charge in [0.1, 0.15) is 11.6 Å². The molecule has 19 heavy (non-hydrogen) atoms. The van der Waals surface area contributed by atoms with Crippen LogP contribution in [0.25, 0.3) is 17.3 Å². The van der Waals surface area contributed by atoms with E-state index in [1.54, 1.807) is 12.3 Å². The minimum absolute atomic E-state index is 0.311. The highest BCUT2D eigenvalue weighted by atomic mass is 19.1. The van der Waals surface area contributed by atoms with Gasteiger partial charge >= 0.3 is 0 Å². The average Bonchev–Trinajstić information content (AvgIpc) is 2.40. The van der Waals surface area contributed by atoms with Crippen molar-refractivity contribution >= 4 is 6.08 Å². The summed E-state index contributed by atoms with van der Waals surface area (Å²) in [5, 5.41) is 0. The zero-order chi connectivity index (χ0) is 13.7. The van der Waals surface area contributed by atoms with Gasteiger partial charge in [-0.3, -0.25) is 4.98 Å². The number of rotatable bonds is 4. The number of pyridine rings is 1. The number of nitrogens with zero attached hydrogens (tertiary/aromatic N) is 1. The van der Waals surface area contributed by atoms with Gasteiger partial charge in [-0.25, -0.2) is 8.78 Å². The maximum Gasteiger partial charge on any atom is 0.135 e. The van der Waals surface area contributed by atoms with Crippen LogP contribution in [0.5, 0.6) is 0 Å². The molecule has 0 radical (unpaired) electrons. The Hall–Kier alpha value is -2.03. The van der Waals surface area contributed by atoms with E-state index in [0.717, 1.165) is 24.5 Å². The lowest BCUT2D eigenvalue weighted by atomic mass is 10.1. The fraction of sp³-hybridized carbons (Fsp3) is 0.188. The van der Waals surface area contributed by atoms with Gasteiger partial charge in [0.25, 0.3) is 0 Å². The van der Waals surface area contributed by atoms with E-state index in [4.69, 9.17) is 0 Å². The lowest BCUT2D eigenvalue weighted by Crippen LogP contribution is -1.89. The van der Waals surface area contributed by atoms with Gasteiger partial charge in [0, 0.05) is 17.8 Å². The van der Waals surface area contributed by atoms with Gasteiger partial charge < -0.3 is 0 Å². The first-order valence-electron chi connectivity index (χ1n) is 6.28. The Labute approximate surface area is 111 Å². The molecule has 3 heteroatoms. The molecule has 1 heterocycles. The van der Waals surface area contributed by atoms with Crippen LogP contribution in [0.1, 0.15) is 25.3 Å². The number of aromatic nitrogens is 1. The van der Waals surface area contributed by atoms with E-state index >= 15 is 0 Å². The van der Waals surface area contributed by atoms with Gasteiger partial charge in [0.05, 0.1) is 5.69 Å². The van der Waals surface area contributed by atoms with Crippen LogP contribution in [0.4, 0.5) is 8.78 Å². The number of benzene rings is 1. The fourth-order valence-corrected chi connectivity index (χ4v) is 1.75. The Morgan fingerprint density at radius 3 is 2.63 bits per heavy atom. The molecule has 0 saturated heterocycles. The molecule has 98 valence electrons. The standard InChI is InChI=1S/C16H15F2N/c1-2-3-4-5-12-6-9-16(19-11-12)14-8-7-13(17)10-15(14)18/h4-11H,2-3H2,1H3. The van der Waals surface area contributed by atoms with Crippen LogP contribution in [0.3, 0.4) is 0 Å². The van der Waals surface area contributed by atoms with Gasteiger partial charge in [-0.2, -0.15) is 0 Å². The Kier molecular flexibility index (Phi) is 4.39. The predicted molar refractivity (Wildman–Crippen MR) is 73.5 cm³/mol. The predicted octanol–water partition coefficient (Wildman–Crippen LogP) is 4.84. The number of unbranched alkanes of at least 4 members (excludes halogenated alkanes) is 1. The van der Waals surface area contributed by atoms with Crippen molar-refractivity contribution in [3.63, 3.8) is 0 Å². The summed E-state index contributed by atoms with van der Waals surface area (Å²) in [6, 6.07) is 7.11. The highest BCUT2D eigenvalue weighted by molar-refractivity contribution is 5.61. The third kappa shape index (κ3) is 3.47. The molecule has 0 fully saturated rings. The number of hydrogen-bond donors (Lipinski definition) is 0. The summed E-state index contributed by atoms with van der Waals surface area (Å²) in [6.45, 7) is 2.11. The topological polar surface area (TPSA) is 12.9 Å². The van der Waals surface area contributed by atoms with Crippen molar-refractivity contribution in [3.05, 3.63) is 59.8 Å². The fourth-order valence-electron chi connectivity index (χ4n) is 1.75. The van der Waals surface area contributed by atoms with Crippen LogP contribution in [0.15, 0.2) is 42.6 Å². The van der Waals surface area contributed by atoms with Crippen LogP contribution >= 0.6 is 0 Å². The molecule has 0 bridgehead atoms. The molecule has 0 aliphatic heterocycles. The first-order valence-corrected chi connectivity index (χ1v) is 6.28. The molecule has 1 nitrogen and oxygen atoms in total. The molecule has 0 aliphatic carbocycles. The normalized spacial score (nSPS) is 11.1. The number of hydrogen-bond acceptors (Lipinski definition) is 1. The van der Waals surface area contributed by atoms with Crippen LogP contribution < -0.4 is 0 Å². The summed E-state index contributed by atoms with van der Waals surface area (Å²) in [4.78, 5) is 4.20. The molecular formula is C16H15F2N. The first-order chi connectivity index (χ1) is 9.20. The molecule has 0 spiro atoms. The van der Waals surface area contributed by atoms with Gasteiger partial charge in [-0.1, -0.05) is 31.6 Å². The summed E-state index contributed by atoms with van der Waals surface area (Å²) in [5.41, 5.74) is 1.79. The molecule has 0 amide bonds. The number of halogens is 2. The smallest absolute Gasteiger partial charge is 0.135 e. The molecule has 0 atom stereocenters. The molecule has 1 aromatic carbocycles. The Balaban J connectivity index is 2.22. The number of allylic oxidation sites excluding steroid dienone is 1. The van der Waals surface area contributed by atoms with E-state index in [1.807, 2.05) is 12.1 Å². The van der Waals surface area contributed by atoms with Gasteiger partial charge in [-0.05, 0) is 30.2 Å². The molecular weight excluding hydrogens is 244 g/mol. The van der Waals surface area contributed by atoms with E-state index in [0.29, 0.717) is 11.3 Å². The zero-order valence-electron chi connectivity index (χ0n) is 10.7. The highest BCUT2D eigenvalue weighted by Crippen LogP contribution is 2.21. The van der Waals surface area contributed by atoms with Crippen molar-refractivity contribution < 1.29 is 8.78 Å². The third-order valence-electron chi connectivity index (χ3n) is 2.76. The average molecular weight is 259 g/mol. The second-order valence-electron chi connectivity index (χ2n) is 4.29. The van der Waals surface area contributed by atoms with E-state index in [9.17, 15) is 8.78 Å². The minimum atomic E-state index is -0.596. The van der Waals surface area contributed by atoms with E-state index in [2.05, 4.69) is 18.0 Å². The monoisotopic (exact) mass is 259 g/mol. The van der Waals surface area contributed by atoms with Crippen molar-refractivity contribution in [2.24, 2.45) is 0 Å². The quantitative estimate of drug-likeness (QED) is 0.765. The van der Waals surface area contributed by atoms with Gasteiger partial charge in [0.2, 0.25) is 0 Å². The summed E-state index contributed by atoms with van der Waals surface area (Å²) in [7, 11) is 0. The maximum atomic E-state index is 13.6. The van der Waals surface area contributed by atoms with Gasteiger partial charge in [0.15, 0.2) is 0 Å². The molecule has 0 saturated carbocycles. The highest BCUT2D eigenvalue weighted by Gasteiger charge is 2.07. The Bertz CT molecular complexity index is 574. The van der Waals surface area contributed by atoms with Crippen molar-refractivity contribution in [1.29, 1.82) is 0 Å². The second-order valence-corrected chi connectivity index (χ2v) is 4.29. The zero-order valence-corrected chi connectivity index (χ0v) is 10.7. The van der Waals surface area contributed by atoms with E-state index in [1.165, 1.54) is 12.1 Å². The van der Waals surface area contributed by atoms with Crippen molar-refractivity contribution in [1.82, 2.24) is 4.98 Å². The summed E-state index contributed by atoms with van der Waals surface area (Å²) < 4.78 is 26.4. The van der Waals surface area contributed by atoms with E-state index < -0.39 is 11.6 Å². The van der Waals surface area contributed by atoms with Crippen LogP contribution in [-0.4, -0.2) is 4.98 Å². The minimum Gasteiger partial charge on any atom is -0.256 e. The summed E-state index contributed by atoms with van der Waals surface area (Å²) in [6.07, 6.45) is 7.87. The lowest BCUT2D eigenvalue weighted by molar-refractivity contribution is 0.585. The van der Waals surface area contributed by atoms with Crippen LogP contribution in [-0.2, 0) is 0 Å². The van der Waals surface area contributed by atoms with Crippen molar-refractivity contribution in [3.8, 4) is 11.3 Å². The molecule has 2 rings (SSSR count). The molecule has 1 aromatic heterocycles. The lowest BCUT2D eigenvalue weighted by Gasteiger charge is -2.03. The van der Waals surface area contributed by atoms with Gasteiger partial charge in [-0.15, -0.1) is 0 Å². The SMILES string of the molecule is CCCC=Cc1ccc(-c2ccc(F)cc2F)nc1. The van der Waals surface area contributed by atoms with Crippen molar-refractivity contribution in [2.45, 2.75) is 19.8 Å². The maximum absolute atomic E-state index is 13.6.